The van der Waals surface area contributed by atoms with Crippen LogP contribution in [0.2, 0.25) is 0 Å². The molecular formula is C10H15NO2S. The molecule has 0 saturated carbocycles. The molecule has 2 N–H and O–H groups in total. The molecule has 0 aliphatic rings. The second-order valence-corrected chi connectivity index (χ2v) is 4.14. The highest BCUT2D eigenvalue weighted by molar-refractivity contribution is 7.14. The summed E-state index contributed by atoms with van der Waals surface area (Å²) in [6.45, 7) is 4.16. The summed E-state index contributed by atoms with van der Waals surface area (Å²) < 4.78 is 4.70. The van der Waals surface area contributed by atoms with Gasteiger partial charge in [0.15, 0.2) is 0 Å². The molecule has 3 nitrogen and oxygen atoms in total. The fraction of sp³-hybridized carbons (Fsp3) is 0.500. The smallest absolute Gasteiger partial charge is 0.341 e. The average molecular weight is 213 g/mol. The standard InChI is InChI=1S/C10H15NO2S/c1-4-6(2)7-5-14-9(11)8(7)10(12)13-3/h5-6H,4,11H2,1-3H3. The van der Waals surface area contributed by atoms with Crippen LogP contribution in [0.5, 0.6) is 0 Å². The van der Waals surface area contributed by atoms with Crippen molar-refractivity contribution in [3.63, 3.8) is 0 Å². The summed E-state index contributed by atoms with van der Waals surface area (Å²) in [6.07, 6.45) is 0.986. The molecule has 78 valence electrons. The van der Waals surface area contributed by atoms with E-state index in [-0.39, 0.29) is 5.97 Å². The highest BCUT2D eigenvalue weighted by Crippen LogP contribution is 2.32. The maximum Gasteiger partial charge on any atom is 0.341 e. The number of esters is 1. The summed E-state index contributed by atoms with van der Waals surface area (Å²) >= 11 is 1.40. The second kappa shape index (κ2) is 4.46. The molecule has 0 aromatic carbocycles. The lowest BCUT2D eigenvalue weighted by Gasteiger charge is -2.09. The van der Waals surface area contributed by atoms with E-state index in [0.717, 1.165) is 12.0 Å². The number of hydrogen-bond donors (Lipinski definition) is 1. The zero-order chi connectivity index (χ0) is 10.7. The van der Waals surface area contributed by atoms with Gasteiger partial charge in [-0.2, -0.15) is 0 Å². The predicted molar refractivity (Wildman–Crippen MR) is 58.8 cm³/mol. The van der Waals surface area contributed by atoms with E-state index in [0.29, 0.717) is 16.5 Å². The van der Waals surface area contributed by atoms with Crippen molar-refractivity contribution in [2.75, 3.05) is 12.8 Å². The first-order valence-corrected chi connectivity index (χ1v) is 5.44. The third-order valence-electron chi connectivity index (χ3n) is 2.38. The molecule has 1 heterocycles. The van der Waals surface area contributed by atoms with Crippen molar-refractivity contribution in [3.8, 4) is 0 Å². The Morgan fingerprint density at radius 1 is 1.71 bits per heavy atom. The van der Waals surface area contributed by atoms with Crippen LogP contribution in [0.25, 0.3) is 0 Å². The van der Waals surface area contributed by atoms with E-state index in [9.17, 15) is 4.79 Å². The molecular weight excluding hydrogens is 198 g/mol. The molecule has 0 aliphatic heterocycles. The molecule has 4 heteroatoms. The van der Waals surface area contributed by atoms with E-state index in [2.05, 4.69) is 13.8 Å². The van der Waals surface area contributed by atoms with Crippen LogP contribution in [0.4, 0.5) is 5.00 Å². The minimum absolute atomic E-state index is 0.334. The highest BCUT2D eigenvalue weighted by atomic mass is 32.1. The first-order valence-electron chi connectivity index (χ1n) is 4.57. The lowest BCUT2D eigenvalue weighted by atomic mass is 9.97. The normalized spacial score (nSPS) is 12.5. The van der Waals surface area contributed by atoms with Crippen LogP contribution in [0.1, 0.15) is 42.1 Å². The zero-order valence-electron chi connectivity index (χ0n) is 8.66. The lowest BCUT2D eigenvalue weighted by Crippen LogP contribution is -2.07. The molecule has 1 atom stereocenters. The molecule has 0 spiro atoms. The SMILES string of the molecule is CCC(C)c1csc(N)c1C(=O)OC. The topological polar surface area (TPSA) is 52.3 Å². The monoisotopic (exact) mass is 213 g/mol. The number of hydrogen-bond acceptors (Lipinski definition) is 4. The molecule has 0 aliphatic carbocycles. The van der Waals surface area contributed by atoms with Crippen LogP contribution in [0.3, 0.4) is 0 Å². The third kappa shape index (κ3) is 1.90. The number of thiophene rings is 1. The van der Waals surface area contributed by atoms with Gasteiger partial charge >= 0.3 is 5.97 Å². The van der Waals surface area contributed by atoms with Gasteiger partial charge in [0.05, 0.1) is 12.7 Å². The van der Waals surface area contributed by atoms with Crippen molar-refractivity contribution in [2.24, 2.45) is 0 Å². The quantitative estimate of drug-likeness (QED) is 0.785. The largest absolute Gasteiger partial charge is 0.465 e. The van der Waals surface area contributed by atoms with Gasteiger partial charge in [-0.25, -0.2) is 4.79 Å². The molecule has 14 heavy (non-hydrogen) atoms. The van der Waals surface area contributed by atoms with Gasteiger partial charge in [0.25, 0.3) is 0 Å². The molecule has 1 aromatic rings. The Labute approximate surface area is 87.9 Å². The molecule has 0 saturated heterocycles. The van der Waals surface area contributed by atoms with Gasteiger partial charge in [-0.05, 0) is 23.3 Å². The molecule has 0 bridgehead atoms. The van der Waals surface area contributed by atoms with Crippen LogP contribution >= 0.6 is 11.3 Å². The van der Waals surface area contributed by atoms with Crippen molar-refractivity contribution in [2.45, 2.75) is 26.2 Å². The number of anilines is 1. The second-order valence-electron chi connectivity index (χ2n) is 3.23. The Balaban J connectivity index is 3.12. The number of carbonyl (C=O) groups excluding carboxylic acids is 1. The highest BCUT2D eigenvalue weighted by Gasteiger charge is 2.20. The number of rotatable bonds is 3. The van der Waals surface area contributed by atoms with Crippen molar-refractivity contribution in [1.29, 1.82) is 0 Å². The number of ether oxygens (including phenoxy) is 1. The van der Waals surface area contributed by atoms with Crippen molar-refractivity contribution >= 4 is 22.3 Å². The lowest BCUT2D eigenvalue weighted by molar-refractivity contribution is 0.0601. The van der Waals surface area contributed by atoms with Gasteiger partial charge < -0.3 is 10.5 Å². The molecule has 1 aromatic heterocycles. The van der Waals surface area contributed by atoms with Gasteiger partial charge in [-0.3, -0.25) is 0 Å². The number of nitrogens with two attached hydrogens (primary N) is 1. The van der Waals surface area contributed by atoms with E-state index in [4.69, 9.17) is 10.5 Å². The summed E-state index contributed by atoms with van der Waals surface area (Å²) in [7, 11) is 1.37. The van der Waals surface area contributed by atoms with Crippen LogP contribution in [0.15, 0.2) is 5.38 Å². The van der Waals surface area contributed by atoms with Gasteiger partial charge in [0.2, 0.25) is 0 Å². The van der Waals surface area contributed by atoms with E-state index >= 15 is 0 Å². The number of methoxy groups -OCH3 is 1. The molecule has 0 fully saturated rings. The zero-order valence-corrected chi connectivity index (χ0v) is 9.48. The minimum Gasteiger partial charge on any atom is -0.465 e. The van der Waals surface area contributed by atoms with E-state index < -0.39 is 0 Å². The average Bonchev–Trinajstić information content (AvgIpc) is 2.58. The molecule has 0 amide bonds. The Hall–Kier alpha value is -1.03. The van der Waals surface area contributed by atoms with Gasteiger partial charge in [-0.1, -0.05) is 13.8 Å². The maximum atomic E-state index is 11.4. The Morgan fingerprint density at radius 3 is 2.86 bits per heavy atom. The van der Waals surface area contributed by atoms with Crippen molar-refractivity contribution < 1.29 is 9.53 Å². The number of nitrogen functional groups attached to an aromatic ring is 1. The van der Waals surface area contributed by atoms with E-state index in [1.165, 1.54) is 18.4 Å². The minimum atomic E-state index is -0.334. The third-order valence-corrected chi connectivity index (χ3v) is 3.21. The van der Waals surface area contributed by atoms with Crippen LogP contribution in [-0.2, 0) is 4.74 Å². The summed E-state index contributed by atoms with van der Waals surface area (Å²) in [6, 6.07) is 0. The van der Waals surface area contributed by atoms with Crippen molar-refractivity contribution in [1.82, 2.24) is 0 Å². The summed E-state index contributed by atoms with van der Waals surface area (Å²) in [5.74, 6) is 0.0108. The first kappa shape index (κ1) is 11.0. The first-order chi connectivity index (χ1) is 6.61. The maximum absolute atomic E-state index is 11.4. The van der Waals surface area contributed by atoms with Gasteiger partial charge in [0, 0.05) is 0 Å². The van der Waals surface area contributed by atoms with Crippen LogP contribution in [-0.4, -0.2) is 13.1 Å². The number of carbonyl (C=O) groups is 1. The molecule has 0 radical (unpaired) electrons. The van der Waals surface area contributed by atoms with E-state index in [1.54, 1.807) is 0 Å². The summed E-state index contributed by atoms with van der Waals surface area (Å²) in [5, 5.41) is 2.49. The van der Waals surface area contributed by atoms with Crippen LogP contribution in [0, 0.1) is 0 Å². The van der Waals surface area contributed by atoms with Crippen LogP contribution < -0.4 is 5.73 Å². The summed E-state index contributed by atoms with van der Waals surface area (Å²) in [5.41, 5.74) is 7.28. The molecule has 1 rings (SSSR count). The molecule has 1 unspecified atom stereocenters. The van der Waals surface area contributed by atoms with Gasteiger partial charge in [0.1, 0.15) is 5.00 Å². The fourth-order valence-corrected chi connectivity index (χ4v) is 2.21. The Morgan fingerprint density at radius 2 is 2.36 bits per heavy atom. The van der Waals surface area contributed by atoms with Crippen molar-refractivity contribution in [3.05, 3.63) is 16.5 Å². The Bertz CT molecular complexity index is 333. The predicted octanol–water partition coefficient (Wildman–Crippen LogP) is 2.63. The van der Waals surface area contributed by atoms with E-state index in [1.807, 2.05) is 5.38 Å². The summed E-state index contributed by atoms with van der Waals surface area (Å²) in [4.78, 5) is 11.4. The Kier molecular flexibility index (Phi) is 3.52. The fourth-order valence-electron chi connectivity index (χ4n) is 1.29. The van der Waals surface area contributed by atoms with Gasteiger partial charge in [-0.15, -0.1) is 11.3 Å².